The molecule has 2 aromatic rings. The molecule has 2 heterocycles. The van der Waals surface area contributed by atoms with Gasteiger partial charge < -0.3 is 14.0 Å². The number of thioether (sulfide) groups is 1. The molecule has 7 nitrogen and oxygen atoms in total. The standard InChI is InChI=1S/C23H26N2O5S/c1-14(2)13-30-21(26)12-24-22(27)20(31-23(24)28)11-17-10-15(3)25(16(17)4)18-6-8-19(29-5)9-7-18/h6-11,14H,12-13H2,1-5H3/b20-11-. The number of hydrogen-bond donors (Lipinski definition) is 0. The van der Waals surface area contributed by atoms with E-state index in [1.54, 1.807) is 13.2 Å². The first kappa shape index (κ1) is 22.7. The van der Waals surface area contributed by atoms with Gasteiger partial charge in [-0.05, 0) is 73.5 Å². The van der Waals surface area contributed by atoms with E-state index in [1.165, 1.54) is 0 Å². The minimum absolute atomic E-state index is 0.180. The number of imide groups is 1. The fourth-order valence-corrected chi connectivity index (χ4v) is 4.10. The molecule has 0 bridgehead atoms. The van der Waals surface area contributed by atoms with E-state index in [4.69, 9.17) is 9.47 Å². The van der Waals surface area contributed by atoms with E-state index in [0.29, 0.717) is 0 Å². The number of rotatable bonds is 7. The van der Waals surface area contributed by atoms with Gasteiger partial charge in [0.25, 0.3) is 11.1 Å². The summed E-state index contributed by atoms with van der Waals surface area (Å²) in [6.07, 6.45) is 1.70. The van der Waals surface area contributed by atoms with Gasteiger partial charge in [-0.2, -0.15) is 0 Å². The Morgan fingerprint density at radius 3 is 2.45 bits per heavy atom. The number of nitrogens with zero attached hydrogens (tertiary/aromatic N) is 2. The van der Waals surface area contributed by atoms with Crippen molar-refractivity contribution >= 4 is 35.0 Å². The Morgan fingerprint density at radius 1 is 1.16 bits per heavy atom. The van der Waals surface area contributed by atoms with Crippen molar-refractivity contribution in [3.63, 3.8) is 0 Å². The van der Waals surface area contributed by atoms with Crippen LogP contribution in [-0.4, -0.2) is 46.8 Å². The lowest BCUT2D eigenvalue weighted by Gasteiger charge is -2.12. The van der Waals surface area contributed by atoms with Gasteiger partial charge in [-0.25, -0.2) is 0 Å². The summed E-state index contributed by atoms with van der Waals surface area (Å²) in [5.74, 6) is -0.118. The molecular weight excluding hydrogens is 416 g/mol. The van der Waals surface area contributed by atoms with E-state index < -0.39 is 17.1 Å². The summed E-state index contributed by atoms with van der Waals surface area (Å²) in [4.78, 5) is 38.2. The molecule has 3 rings (SSSR count). The number of carbonyl (C=O) groups is 3. The number of methoxy groups -OCH3 is 1. The molecule has 2 amide bonds. The number of aromatic nitrogens is 1. The van der Waals surface area contributed by atoms with Crippen LogP contribution in [0.15, 0.2) is 35.2 Å². The van der Waals surface area contributed by atoms with Gasteiger partial charge in [0.2, 0.25) is 0 Å². The molecule has 0 saturated carbocycles. The van der Waals surface area contributed by atoms with E-state index in [9.17, 15) is 14.4 Å². The van der Waals surface area contributed by atoms with Crippen LogP contribution in [0, 0.1) is 19.8 Å². The molecule has 8 heteroatoms. The molecular formula is C23H26N2O5S. The third-order valence-corrected chi connectivity index (χ3v) is 5.73. The van der Waals surface area contributed by atoms with Crippen LogP contribution in [-0.2, 0) is 14.3 Å². The van der Waals surface area contributed by atoms with Gasteiger partial charge in [0, 0.05) is 17.1 Å². The quantitative estimate of drug-likeness (QED) is 0.469. The zero-order chi connectivity index (χ0) is 22.7. The molecule has 31 heavy (non-hydrogen) atoms. The predicted octanol–water partition coefficient (Wildman–Crippen LogP) is 4.34. The molecule has 1 aliphatic heterocycles. The Bertz CT molecular complexity index is 1040. The lowest BCUT2D eigenvalue weighted by Crippen LogP contribution is -2.34. The second-order valence-electron chi connectivity index (χ2n) is 7.70. The summed E-state index contributed by atoms with van der Waals surface area (Å²) in [6, 6.07) is 9.65. The van der Waals surface area contributed by atoms with Crippen molar-refractivity contribution in [2.24, 2.45) is 5.92 Å². The zero-order valence-electron chi connectivity index (χ0n) is 18.3. The van der Waals surface area contributed by atoms with Gasteiger partial charge in [0.15, 0.2) is 0 Å². The zero-order valence-corrected chi connectivity index (χ0v) is 19.1. The van der Waals surface area contributed by atoms with Crippen molar-refractivity contribution in [1.82, 2.24) is 9.47 Å². The van der Waals surface area contributed by atoms with Gasteiger partial charge in [0.1, 0.15) is 12.3 Å². The number of hydrogen-bond acceptors (Lipinski definition) is 6. The molecule has 0 radical (unpaired) electrons. The molecule has 1 saturated heterocycles. The summed E-state index contributed by atoms with van der Waals surface area (Å²) in [7, 11) is 1.62. The van der Waals surface area contributed by atoms with Crippen molar-refractivity contribution < 1.29 is 23.9 Å². The van der Waals surface area contributed by atoms with E-state index >= 15 is 0 Å². The number of benzene rings is 1. The Labute approximate surface area is 186 Å². The Morgan fingerprint density at radius 2 is 1.84 bits per heavy atom. The van der Waals surface area contributed by atoms with Crippen LogP contribution >= 0.6 is 11.8 Å². The molecule has 1 aromatic heterocycles. The van der Waals surface area contributed by atoms with Crippen LogP contribution in [0.4, 0.5) is 4.79 Å². The van der Waals surface area contributed by atoms with Gasteiger partial charge >= 0.3 is 5.97 Å². The van der Waals surface area contributed by atoms with Crippen LogP contribution in [0.1, 0.15) is 30.8 Å². The predicted molar refractivity (Wildman–Crippen MR) is 120 cm³/mol. The second kappa shape index (κ2) is 9.43. The summed E-state index contributed by atoms with van der Waals surface area (Å²) in [5.41, 5.74) is 3.73. The highest BCUT2D eigenvalue weighted by Crippen LogP contribution is 2.33. The SMILES string of the molecule is COc1ccc(-n2c(C)cc(/C=C3\SC(=O)N(CC(=O)OCC(C)C)C3=O)c2C)cc1. The van der Waals surface area contributed by atoms with Crippen molar-refractivity contribution in [1.29, 1.82) is 0 Å². The maximum atomic E-state index is 12.7. The van der Waals surface area contributed by atoms with E-state index in [1.807, 2.05) is 58.0 Å². The number of esters is 1. The van der Waals surface area contributed by atoms with Crippen LogP contribution in [0.25, 0.3) is 11.8 Å². The summed E-state index contributed by atoms with van der Waals surface area (Å²) in [6.45, 7) is 7.64. The molecule has 164 valence electrons. The Hall–Kier alpha value is -3.00. The minimum atomic E-state index is -0.588. The third kappa shape index (κ3) is 5.02. The highest BCUT2D eigenvalue weighted by molar-refractivity contribution is 8.18. The fraction of sp³-hybridized carbons (Fsp3) is 0.348. The molecule has 0 unspecified atom stereocenters. The van der Waals surface area contributed by atoms with Gasteiger partial charge in [0.05, 0.1) is 18.6 Å². The maximum Gasteiger partial charge on any atom is 0.326 e. The van der Waals surface area contributed by atoms with Crippen LogP contribution in [0.5, 0.6) is 5.75 Å². The van der Waals surface area contributed by atoms with Crippen molar-refractivity contribution in [2.45, 2.75) is 27.7 Å². The minimum Gasteiger partial charge on any atom is -0.497 e. The molecule has 1 aliphatic rings. The van der Waals surface area contributed by atoms with Crippen molar-refractivity contribution in [3.8, 4) is 11.4 Å². The van der Waals surface area contributed by atoms with E-state index in [0.717, 1.165) is 45.1 Å². The fourth-order valence-electron chi connectivity index (χ4n) is 3.27. The van der Waals surface area contributed by atoms with Crippen molar-refractivity contribution in [2.75, 3.05) is 20.3 Å². The molecule has 0 atom stereocenters. The van der Waals surface area contributed by atoms with Crippen LogP contribution in [0.2, 0.25) is 0 Å². The summed E-state index contributed by atoms with van der Waals surface area (Å²) >= 11 is 0.833. The molecule has 0 aliphatic carbocycles. The van der Waals surface area contributed by atoms with E-state index in [2.05, 4.69) is 4.57 Å². The van der Waals surface area contributed by atoms with Gasteiger partial charge in [-0.15, -0.1) is 0 Å². The van der Waals surface area contributed by atoms with Crippen LogP contribution in [0.3, 0.4) is 0 Å². The monoisotopic (exact) mass is 442 g/mol. The smallest absolute Gasteiger partial charge is 0.326 e. The molecule has 1 aromatic carbocycles. The first-order valence-electron chi connectivity index (χ1n) is 9.95. The highest BCUT2D eigenvalue weighted by atomic mass is 32.2. The average Bonchev–Trinajstić information content (AvgIpc) is 3.16. The van der Waals surface area contributed by atoms with E-state index in [-0.39, 0.29) is 24.0 Å². The Kier molecular flexibility index (Phi) is 6.90. The maximum absolute atomic E-state index is 12.7. The number of ether oxygens (including phenoxy) is 2. The van der Waals surface area contributed by atoms with Gasteiger partial charge in [-0.3, -0.25) is 19.3 Å². The Balaban J connectivity index is 1.81. The first-order chi connectivity index (χ1) is 14.7. The molecule has 1 fully saturated rings. The van der Waals surface area contributed by atoms with Crippen LogP contribution < -0.4 is 4.74 Å². The summed E-state index contributed by atoms with van der Waals surface area (Å²) < 4.78 is 12.4. The average molecular weight is 443 g/mol. The molecule has 0 N–H and O–H groups in total. The topological polar surface area (TPSA) is 77.8 Å². The van der Waals surface area contributed by atoms with Crippen molar-refractivity contribution in [3.05, 3.63) is 52.2 Å². The lowest BCUT2D eigenvalue weighted by atomic mass is 10.2. The third-order valence-electron chi connectivity index (χ3n) is 4.83. The normalized spacial score (nSPS) is 15.3. The number of amides is 2. The summed E-state index contributed by atoms with van der Waals surface area (Å²) in [5, 5.41) is -0.471. The lowest BCUT2D eigenvalue weighted by molar-refractivity contribution is -0.147. The second-order valence-corrected chi connectivity index (χ2v) is 8.70. The highest BCUT2D eigenvalue weighted by Gasteiger charge is 2.37. The van der Waals surface area contributed by atoms with Gasteiger partial charge in [-0.1, -0.05) is 13.8 Å². The number of carbonyl (C=O) groups excluding carboxylic acids is 3. The molecule has 0 spiro atoms. The first-order valence-corrected chi connectivity index (χ1v) is 10.8. The number of aryl methyl sites for hydroxylation is 1. The largest absolute Gasteiger partial charge is 0.497 e.